The summed E-state index contributed by atoms with van der Waals surface area (Å²) in [5.41, 5.74) is 9.11. The number of nitrogens with zero attached hydrogens (tertiary/aromatic N) is 2. The number of para-hydroxylation sites is 1. The Balaban J connectivity index is 1.53. The van der Waals surface area contributed by atoms with E-state index in [4.69, 9.17) is 28.9 Å². The lowest BCUT2D eigenvalue weighted by molar-refractivity contribution is -0.142. The molecule has 2 unspecified atom stereocenters. The number of likely N-dealkylation sites (N-methyl/N-ethyl adjacent to an activating group) is 1. The van der Waals surface area contributed by atoms with Crippen LogP contribution in [0.5, 0.6) is 0 Å². The van der Waals surface area contributed by atoms with Gasteiger partial charge in [0.05, 0.1) is 11.6 Å². The summed E-state index contributed by atoms with van der Waals surface area (Å²) in [5, 5.41) is 11.6. The third-order valence-corrected chi connectivity index (χ3v) is 9.85. The van der Waals surface area contributed by atoms with E-state index in [9.17, 15) is 14.4 Å². The number of hydrogen-bond donors (Lipinski definition) is 5. The molecule has 0 bridgehead atoms. The molecule has 3 heterocycles. The number of fused-ring (bicyclic) bond motifs is 3. The predicted molar refractivity (Wildman–Crippen MR) is 182 cm³/mol. The first-order valence-corrected chi connectivity index (χ1v) is 16.7. The van der Waals surface area contributed by atoms with Crippen LogP contribution < -0.4 is 21.7 Å². The molecule has 0 saturated heterocycles. The maximum atomic E-state index is 14.1. The highest BCUT2D eigenvalue weighted by Gasteiger charge is 2.33. The van der Waals surface area contributed by atoms with Gasteiger partial charge in [0.15, 0.2) is 0 Å². The van der Waals surface area contributed by atoms with E-state index in [1.165, 1.54) is 16.7 Å². The van der Waals surface area contributed by atoms with E-state index in [2.05, 4.69) is 25.9 Å². The second kappa shape index (κ2) is 15.8. The van der Waals surface area contributed by atoms with E-state index in [-0.39, 0.29) is 37.2 Å². The van der Waals surface area contributed by atoms with Gasteiger partial charge >= 0.3 is 0 Å². The largest absolute Gasteiger partial charge is 0.361 e. The van der Waals surface area contributed by atoms with Crippen LogP contribution in [-0.4, -0.2) is 64.8 Å². The van der Waals surface area contributed by atoms with Gasteiger partial charge in [-0.2, -0.15) is 0 Å². The number of halogens is 2. The van der Waals surface area contributed by atoms with Crippen molar-refractivity contribution in [2.24, 2.45) is 5.73 Å². The molecule has 2 aromatic carbocycles. The summed E-state index contributed by atoms with van der Waals surface area (Å²) in [5.74, 6) is -1.04. The molecule has 2 aromatic heterocycles. The van der Waals surface area contributed by atoms with Gasteiger partial charge in [0.2, 0.25) is 17.7 Å². The van der Waals surface area contributed by atoms with E-state index in [0.717, 1.165) is 22.0 Å². The number of carbonyl (C=O) groups is 3. The fourth-order valence-electron chi connectivity index (χ4n) is 5.53. The molecule has 0 spiro atoms. The molecular weight excluding hydrogens is 645 g/mol. The minimum Gasteiger partial charge on any atom is -0.361 e. The van der Waals surface area contributed by atoms with Gasteiger partial charge in [-0.15, -0.1) is 0 Å². The van der Waals surface area contributed by atoms with Crippen LogP contribution in [0, 0.1) is 0 Å². The second-order valence-electron chi connectivity index (χ2n) is 11.2. The molecule has 4 aromatic rings. The van der Waals surface area contributed by atoms with Crippen molar-refractivity contribution in [3.63, 3.8) is 0 Å². The van der Waals surface area contributed by atoms with E-state index in [0.29, 0.717) is 57.9 Å². The molecule has 3 amide bonds. The molecule has 6 N–H and O–H groups in total. The highest BCUT2D eigenvalue weighted by molar-refractivity contribution is 7.99. The zero-order valence-corrected chi connectivity index (χ0v) is 27.8. The van der Waals surface area contributed by atoms with Crippen molar-refractivity contribution in [1.82, 2.24) is 30.8 Å². The molecule has 1 aliphatic rings. The summed E-state index contributed by atoms with van der Waals surface area (Å²) < 4.78 is 0. The number of nitrogens with two attached hydrogens (primary N) is 1. The Hall–Kier alpha value is -3.61. The molecular formula is C33H37Cl2N7O3S. The lowest BCUT2D eigenvalue weighted by atomic mass is 10.0. The van der Waals surface area contributed by atoms with Gasteiger partial charge in [-0.05, 0) is 66.8 Å². The molecule has 1 aliphatic heterocycles. The maximum Gasteiger partial charge on any atom is 0.245 e. The van der Waals surface area contributed by atoms with Gasteiger partial charge < -0.3 is 31.6 Å². The van der Waals surface area contributed by atoms with Crippen molar-refractivity contribution >= 4 is 63.6 Å². The number of hydrogen-bond acceptors (Lipinski definition) is 7. The van der Waals surface area contributed by atoms with Crippen LogP contribution in [0.1, 0.15) is 36.0 Å². The number of unbranched alkanes of at least 4 members (excludes halogenated alkanes) is 1. The molecule has 0 radical (unpaired) electrons. The molecule has 0 saturated carbocycles. The van der Waals surface area contributed by atoms with Crippen molar-refractivity contribution in [2.75, 3.05) is 20.1 Å². The molecule has 10 nitrogen and oxygen atoms in total. The highest BCUT2D eigenvalue weighted by Crippen LogP contribution is 2.38. The first-order chi connectivity index (χ1) is 22.2. The van der Waals surface area contributed by atoms with Crippen LogP contribution in [-0.2, 0) is 33.9 Å². The van der Waals surface area contributed by atoms with Crippen LogP contribution in [0.25, 0.3) is 10.9 Å². The number of aromatic nitrogens is 2. The van der Waals surface area contributed by atoms with Gasteiger partial charge in [-0.25, -0.2) is 4.98 Å². The van der Waals surface area contributed by atoms with Gasteiger partial charge in [-0.1, -0.05) is 59.2 Å². The van der Waals surface area contributed by atoms with E-state index < -0.39 is 12.1 Å². The number of benzene rings is 2. The zero-order valence-electron chi connectivity index (χ0n) is 25.4. The first kappa shape index (κ1) is 33.7. The minimum atomic E-state index is -0.887. The smallest absolute Gasteiger partial charge is 0.245 e. The second-order valence-corrected chi connectivity index (χ2v) is 13.0. The Morgan fingerprint density at radius 3 is 2.67 bits per heavy atom. The molecule has 0 fully saturated rings. The van der Waals surface area contributed by atoms with Crippen molar-refractivity contribution in [1.29, 1.82) is 0 Å². The Bertz CT molecular complexity index is 1720. The quantitative estimate of drug-likeness (QED) is 0.189. The number of pyridine rings is 1. The molecule has 5 rings (SSSR count). The number of nitrogens with one attached hydrogen (secondary N) is 4. The summed E-state index contributed by atoms with van der Waals surface area (Å²) in [6.45, 7) is 0.929. The first-order valence-electron chi connectivity index (χ1n) is 15.1. The van der Waals surface area contributed by atoms with E-state index >= 15 is 0 Å². The molecule has 46 heavy (non-hydrogen) atoms. The van der Waals surface area contributed by atoms with Crippen molar-refractivity contribution in [2.45, 2.75) is 60.8 Å². The van der Waals surface area contributed by atoms with Gasteiger partial charge in [0, 0.05) is 59.8 Å². The monoisotopic (exact) mass is 681 g/mol. The summed E-state index contributed by atoms with van der Waals surface area (Å²) in [6.07, 6.45) is 5.53. The van der Waals surface area contributed by atoms with Crippen LogP contribution in [0.15, 0.2) is 70.8 Å². The van der Waals surface area contributed by atoms with Crippen molar-refractivity contribution < 1.29 is 14.4 Å². The standard InChI is InChI=1S/C33H37Cl2N7O3S/c1-42-28(14-21-17-39-26-9-3-2-8-24(21)26)31(44)40-18-22-13-23(34)15-25(35)30(22)46-32-20(7-6-12-38-32)16-37-19-29(43)41-27(33(42)45)10-4-5-11-36/h2-3,6-9,12-13,15,17,27-28,37,39H,4-5,10-11,14,16,18-19,36H2,1H3,(H,40,44)(H,41,43). The Morgan fingerprint density at radius 2 is 1.85 bits per heavy atom. The van der Waals surface area contributed by atoms with Crippen LogP contribution >= 0.6 is 35.0 Å². The molecule has 0 aliphatic carbocycles. The molecule has 13 heteroatoms. The Labute approximate surface area is 282 Å². The number of H-pyrrole nitrogens is 1. The van der Waals surface area contributed by atoms with E-state index in [1.807, 2.05) is 42.6 Å². The number of aromatic amines is 1. The van der Waals surface area contributed by atoms with Crippen molar-refractivity contribution in [3.05, 3.63) is 87.7 Å². The highest BCUT2D eigenvalue weighted by atomic mass is 35.5. The van der Waals surface area contributed by atoms with E-state index in [1.54, 1.807) is 25.4 Å². The predicted octanol–water partition coefficient (Wildman–Crippen LogP) is 4.42. The Kier molecular flexibility index (Phi) is 11.6. The Morgan fingerprint density at radius 1 is 1.02 bits per heavy atom. The SMILES string of the molecule is CN1C(=O)C(CCCCN)NC(=O)CNCc2cccnc2Sc2c(Cl)cc(Cl)cc2CNC(=O)C1Cc1c[nH]c2ccccc12. The zero-order chi connectivity index (χ0) is 32.6. The fraction of sp³-hybridized carbons (Fsp3) is 0.333. The average molecular weight is 683 g/mol. The minimum absolute atomic E-state index is 0.0183. The van der Waals surface area contributed by atoms with Crippen LogP contribution in [0.2, 0.25) is 10.0 Å². The number of amides is 3. The summed E-state index contributed by atoms with van der Waals surface area (Å²) >= 11 is 14.5. The third kappa shape index (κ3) is 8.21. The normalized spacial score (nSPS) is 18.4. The van der Waals surface area contributed by atoms with Crippen LogP contribution in [0.3, 0.4) is 0 Å². The lowest BCUT2D eigenvalue weighted by Gasteiger charge is -2.31. The van der Waals surface area contributed by atoms with Gasteiger partial charge in [0.1, 0.15) is 17.1 Å². The van der Waals surface area contributed by atoms with Gasteiger partial charge in [0.25, 0.3) is 0 Å². The lowest BCUT2D eigenvalue weighted by Crippen LogP contribution is -2.55. The topological polar surface area (TPSA) is 145 Å². The summed E-state index contributed by atoms with van der Waals surface area (Å²) in [4.78, 5) is 51.2. The van der Waals surface area contributed by atoms with Crippen LogP contribution in [0.4, 0.5) is 0 Å². The maximum absolute atomic E-state index is 14.1. The van der Waals surface area contributed by atoms with Crippen molar-refractivity contribution in [3.8, 4) is 0 Å². The third-order valence-electron chi connectivity index (χ3n) is 7.97. The summed E-state index contributed by atoms with van der Waals surface area (Å²) in [6, 6.07) is 13.3. The van der Waals surface area contributed by atoms with Gasteiger partial charge in [-0.3, -0.25) is 14.4 Å². The fourth-order valence-corrected chi connectivity index (χ4v) is 7.17. The molecule has 242 valence electrons. The average Bonchev–Trinajstić information content (AvgIpc) is 3.45. The summed E-state index contributed by atoms with van der Waals surface area (Å²) in [7, 11) is 1.61. The number of carbonyl (C=O) groups excluding carboxylic acids is 3. The number of rotatable bonds is 6. The molecule has 2 atom stereocenters.